The summed E-state index contributed by atoms with van der Waals surface area (Å²) in [5, 5.41) is 3.00. The molecule has 1 aliphatic heterocycles. The molecule has 3 rings (SSSR count). The smallest absolute Gasteiger partial charge is 0.243 e. The van der Waals surface area contributed by atoms with Gasteiger partial charge in [-0.05, 0) is 43.4 Å². The molecule has 1 amide bonds. The van der Waals surface area contributed by atoms with Crippen molar-refractivity contribution in [3.63, 3.8) is 0 Å². The maximum absolute atomic E-state index is 12.5. The van der Waals surface area contributed by atoms with Gasteiger partial charge in [0, 0.05) is 25.0 Å². The summed E-state index contributed by atoms with van der Waals surface area (Å²) in [6.07, 6.45) is 6.00. The number of rotatable bonds is 5. The SMILES string of the molecule is CC1(C(=O)NCc2ccc(S(=O)(=O)N3CCCC3)cc2)CCCC1. The zero-order valence-corrected chi connectivity index (χ0v) is 15.1. The number of nitrogens with one attached hydrogen (secondary N) is 1. The summed E-state index contributed by atoms with van der Waals surface area (Å²) in [7, 11) is -3.36. The molecule has 1 heterocycles. The summed E-state index contributed by atoms with van der Waals surface area (Å²) in [5.41, 5.74) is 0.685. The van der Waals surface area contributed by atoms with Gasteiger partial charge in [0.1, 0.15) is 0 Å². The highest BCUT2D eigenvalue weighted by Gasteiger charge is 2.35. The summed E-state index contributed by atoms with van der Waals surface area (Å²) in [5.74, 6) is 0.105. The van der Waals surface area contributed by atoms with E-state index in [2.05, 4.69) is 5.32 Å². The lowest BCUT2D eigenvalue weighted by Crippen LogP contribution is -2.36. The van der Waals surface area contributed by atoms with Gasteiger partial charge in [-0.15, -0.1) is 0 Å². The number of carbonyl (C=O) groups is 1. The first-order chi connectivity index (χ1) is 11.4. The van der Waals surface area contributed by atoms with Gasteiger partial charge >= 0.3 is 0 Å². The minimum absolute atomic E-state index is 0.105. The van der Waals surface area contributed by atoms with E-state index in [9.17, 15) is 13.2 Å². The number of carbonyl (C=O) groups excluding carboxylic acids is 1. The van der Waals surface area contributed by atoms with Crippen LogP contribution in [0.2, 0.25) is 0 Å². The molecule has 5 nitrogen and oxygen atoms in total. The van der Waals surface area contributed by atoms with Crippen LogP contribution in [0.25, 0.3) is 0 Å². The van der Waals surface area contributed by atoms with E-state index < -0.39 is 10.0 Å². The molecule has 1 aromatic carbocycles. The van der Waals surface area contributed by atoms with E-state index in [0.29, 0.717) is 24.5 Å². The van der Waals surface area contributed by atoms with E-state index in [1.807, 2.05) is 6.92 Å². The van der Waals surface area contributed by atoms with E-state index in [4.69, 9.17) is 0 Å². The number of benzene rings is 1. The Kier molecular flexibility index (Phi) is 4.97. The third kappa shape index (κ3) is 3.49. The molecule has 2 fully saturated rings. The molecule has 1 saturated heterocycles. The lowest BCUT2D eigenvalue weighted by atomic mass is 9.88. The standard InChI is InChI=1S/C18H26N2O3S/c1-18(10-2-3-11-18)17(21)19-14-15-6-8-16(9-7-15)24(22,23)20-12-4-5-13-20/h6-9H,2-5,10-14H2,1H3,(H,19,21). The molecule has 0 bridgehead atoms. The highest BCUT2D eigenvalue weighted by Crippen LogP contribution is 2.37. The molecule has 1 aliphatic carbocycles. The van der Waals surface area contributed by atoms with Crippen molar-refractivity contribution in [2.75, 3.05) is 13.1 Å². The Hall–Kier alpha value is -1.40. The fraction of sp³-hybridized carbons (Fsp3) is 0.611. The van der Waals surface area contributed by atoms with Crippen molar-refractivity contribution in [2.45, 2.75) is 56.9 Å². The molecule has 2 aliphatic rings. The van der Waals surface area contributed by atoms with Crippen LogP contribution >= 0.6 is 0 Å². The molecular formula is C18H26N2O3S. The van der Waals surface area contributed by atoms with Gasteiger partial charge < -0.3 is 5.32 Å². The Labute approximate surface area is 144 Å². The third-order valence-corrected chi connectivity index (χ3v) is 7.25. The molecular weight excluding hydrogens is 324 g/mol. The van der Waals surface area contributed by atoms with Gasteiger partial charge in [0.15, 0.2) is 0 Å². The summed E-state index contributed by atoms with van der Waals surface area (Å²) in [6, 6.07) is 6.87. The van der Waals surface area contributed by atoms with Crippen LogP contribution in [0.4, 0.5) is 0 Å². The summed E-state index contributed by atoms with van der Waals surface area (Å²) in [4.78, 5) is 12.7. The molecule has 6 heteroatoms. The molecule has 1 aromatic rings. The van der Waals surface area contributed by atoms with Crippen LogP contribution in [0.5, 0.6) is 0 Å². The predicted molar refractivity (Wildman–Crippen MR) is 92.9 cm³/mol. The van der Waals surface area contributed by atoms with Gasteiger partial charge in [-0.3, -0.25) is 4.79 Å². The highest BCUT2D eigenvalue weighted by atomic mass is 32.2. The van der Waals surface area contributed by atoms with Crippen LogP contribution in [-0.4, -0.2) is 31.7 Å². The van der Waals surface area contributed by atoms with Crippen LogP contribution in [0.15, 0.2) is 29.2 Å². The normalized spacial score (nSPS) is 21.0. The Morgan fingerprint density at radius 3 is 2.25 bits per heavy atom. The molecule has 1 N–H and O–H groups in total. The molecule has 0 radical (unpaired) electrons. The minimum atomic E-state index is -3.36. The molecule has 1 saturated carbocycles. The summed E-state index contributed by atoms with van der Waals surface area (Å²) < 4.78 is 26.5. The first-order valence-electron chi connectivity index (χ1n) is 8.79. The Morgan fingerprint density at radius 1 is 1.08 bits per heavy atom. The molecule has 24 heavy (non-hydrogen) atoms. The monoisotopic (exact) mass is 350 g/mol. The van der Waals surface area contributed by atoms with Crippen LogP contribution in [0, 0.1) is 5.41 Å². The number of hydrogen-bond acceptors (Lipinski definition) is 3. The largest absolute Gasteiger partial charge is 0.352 e. The molecule has 0 unspecified atom stereocenters. The maximum atomic E-state index is 12.5. The van der Waals surface area contributed by atoms with Crippen molar-refractivity contribution in [3.05, 3.63) is 29.8 Å². The zero-order chi connectivity index (χ0) is 17.2. The molecule has 132 valence electrons. The predicted octanol–water partition coefficient (Wildman–Crippen LogP) is 2.67. The highest BCUT2D eigenvalue weighted by molar-refractivity contribution is 7.89. The Balaban J connectivity index is 1.61. The first kappa shape index (κ1) is 17.4. The second-order valence-electron chi connectivity index (χ2n) is 7.21. The van der Waals surface area contributed by atoms with Gasteiger partial charge in [-0.1, -0.05) is 31.9 Å². The fourth-order valence-corrected chi connectivity index (χ4v) is 5.15. The van der Waals surface area contributed by atoms with Crippen LogP contribution in [0.3, 0.4) is 0 Å². The lowest BCUT2D eigenvalue weighted by Gasteiger charge is -2.22. The topological polar surface area (TPSA) is 66.5 Å². The summed E-state index contributed by atoms with van der Waals surface area (Å²) >= 11 is 0. The van der Waals surface area contributed by atoms with E-state index in [-0.39, 0.29) is 11.3 Å². The number of hydrogen-bond donors (Lipinski definition) is 1. The van der Waals surface area contributed by atoms with Crippen molar-refractivity contribution in [1.29, 1.82) is 0 Å². The number of nitrogens with zero attached hydrogens (tertiary/aromatic N) is 1. The average Bonchev–Trinajstić information content (AvgIpc) is 3.25. The molecule has 0 atom stereocenters. The maximum Gasteiger partial charge on any atom is 0.243 e. The number of amides is 1. The van der Waals surface area contributed by atoms with E-state index >= 15 is 0 Å². The van der Waals surface area contributed by atoms with Gasteiger partial charge in [0.2, 0.25) is 15.9 Å². The van der Waals surface area contributed by atoms with E-state index in [1.54, 1.807) is 28.6 Å². The van der Waals surface area contributed by atoms with Crippen LogP contribution in [-0.2, 0) is 21.4 Å². The third-order valence-electron chi connectivity index (χ3n) is 5.33. The van der Waals surface area contributed by atoms with E-state index in [0.717, 1.165) is 44.1 Å². The van der Waals surface area contributed by atoms with Crippen molar-refractivity contribution in [3.8, 4) is 0 Å². The lowest BCUT2D eigenvalue weighted by molar-refractivity contribution is -0.130. The van der Waals surface area contributed by atoms with Crippen molar-refractivity contribution >= 4 is 15.9 Å². The average molecular weight is 350 g/mol. The van der Waals surface area contributed by atoms with Gasteiger partial charge in [-0.25, -0.2) is 8.42 Å². The van der Waals surface area contributed by atoms with Gasteiger partial charge in [0.25, 0.3) is 0 Å². The molecule has 0 spiro atoms. The first-order valence-corrected chi connectivity index (χ1v) is 10.2. The zero-order valence-electron chi connectivity index (χ0n) is 14.3. The van der Waals surface area contributed by atoms with Crippen LogP contribution in [0.1, 0.15) is 51.0 Å². The van der Waals surface area contributed by atoms with Crippen molar-refractivity contribution in [2.24, 2.45) is 5.41 Å². The Bertz CT molecular complexity index is 685. The van der Waals surface area contributed by atoms with Crippen LogP contribution < -0.4 is 5.32 Å². The van der Waals surface area contributed by atoms with Gasteiger partial charge in [-0.2, -0.15) is 4.31 Å². The van der Waals surface area contributed by atoms with Crippen molar-refractivity contribution in [1.82, 2.24) is 9.62 Å². The van der Waals surface area contributed by atoms with Crippen molar-refractivity contribution < 1.29 is 13.2 Å². The Morgan fingerprint density at radius 2 is 1.67 bits per heavy atom. The molecule has 0 aromatic heterocycles. The van der Waals surface area contributed by atoms with Gasteiger partial charge in [0.05, 0.1) is 4.90 Å². The second-order valence-corrected chi connectivity index (χ2v) is 9.14. The fourth-order valence-electron chi connectivity index (χ4n) is 3.63. The minimum Gasteiger partial charge on any atom is -0.352 e. The van der Waals surface area contributed by atoms with E-state index in [1.165, 1.54) is 0 Å². The second kappa shape index (κ2) is 6.84. The quantitative estimate of drug-likeness (QED) is 0.888. The number of sulfonamides is 1. The summed E-state index contributed by atoms with van der Waals surface area (Å²) in [6.45, 7) is 3.69.